The van der Waals surface area contributed by atoms with Crippen LogP contribution in [0.2, 0.25) is 0 Å². The monoisotopic (exact) mass is 369 g/mol. The number of ether oxygens (including phenoxy) is 1. The minimum atomic E-state index is 0.0202. The van der Waals surface area contributed by atoms with Crippen molar-refractivity contribution in [3.8, 4) is 5.75 Å². The number of anilines is 1. The Morgan fingerprint density at radius 3 is 2.58 bits per heavy atom. The smallest absolute Gasteiger partial charge is 0.305 e. The number of fused-ring (bicyclic) bond motifs is 1. The van der Waals surface area contributed by atoms with E-state index in [1.807, 2.05) is 18.2 Å². The van der Waals surface area contributed by atoms with E-state index in [1.54, 1.807) is 7.11 Å². The van der Waals surface area contributed by atoms with E-state index in [0.29, 0.717) is 0 Å². The van der Waals surface area contributed by atoms with Crippen LogP contribution in [0.25, 0.3) is 10.2 Å². The molecule has 0 spiro atoms. The van der Waals surface area contributed by atoms with Crippen LogP contribution in [0.4, 0.5) is 5.69 Å². The number of benzene rings is 2. The summed E-state index contributed by atoms with van der Waals surface area (Å²) in [4.78, 5) is 19.3. The number of aromatic amines is 1. The predicted octanol–water partition coefficient (Wildman–Crippen LogP) is 2.96. The van der Waals surface area contributed by atoms with Gasteiger partial charge in [-0.15, -0.1) is 0 Å². The van der Waals surface area contributed by atoms with Crippen molar-refractivity contribution in [2.24, 2.45) is 0 Å². The Hall–Kier alpha value is -2.31. The van der Waals surface area contributed by atoms with Crippen molar-refractivity contribution in [2.75, 3.05) is 44.7 Å². The average molecular weight is 369 g/mol. The fraction of sp³-hybridized carbons (Fsp3) is 0.350. The number of methoxy groups -OCH3 is 1. The third-order valence-electron chi connectivity index (χ3n) is 5.01. The molecule has 6 heteroatoms. The molecule has 0 aliphatic carbocycles. The number of rotatable bonds is 5. The van der Waals surface area contributed by atoms with Gasteiger partial charge in [-0.3, -0.25) is 9.69 Å². The molecule has 1 aliphatic heterocycles. The molecule has 1 aliphatic rings. The number of thiazole rings is 1. The molecule has 136 valence electrons. The van der Waals surface area contributed by atoms with Crippen molar-refractivity contribution in [1.29, 1.82) is 0 Å². The summed E-state index contributed by atoms with van der Waals surface area (Å²) in [6.45, 7) is 5.30. The van der Waals surface area contributed by atoms with Crippen molar-refractivity contribution in [2.45, 2.75) is 6.42 Å². The molecule has 1 saturated heterocycles. The van der Waals surface area contributed by atoms with Crippen LogP contribution >= 0.6 is 11.3 Å². The molecule has 0 saturated carbocycles. The van der Waals surface area contributed by atoms with Gasteiger partial charge in [0.05, 0.1) is 17.3 Å². The van der Waals surface area contributed by atoms with Gasteiger partial charge in [0.15, 0.2) is 0 Å². The number of piperazine rings is 1. The topological polar surface area (TPSA) is 48.6 Å². The molecule has 0 amide bonds. The molecule has 1 N–H and O–H groups in total. The first-order valence-corrected chi connectivity index (χ1v) is 9.76. The second-order valence-electron chi connectivity index (χ2n) is 6.62. The van der Waals surface area contributed by atoms with Crippen LogP contribution in [0.5, 0.6) is 5.75 Å². The number of hydrogen-bond donors (Lipinski definition) is 1. The lowest BCUT2D eigenvalue weighted by Crippen LogP contribution is -2.46. The Morgan fingerprint density at radius 1 is 1.08 bits per heavy atom. The van der Waals surface area contributed by atoms with Crippen molar-refractivity contribution in [3.63, 3.8) is 0 Å². The number of nitrogens with zero attached hydrogens (tertiary/aromatic N) is 2. The first-order valence-electron chi connectivity index (χ1n) is 8.94. The van der Waals surface area contributed by atoms with E-state index >= 15 is 0 Å². The zero-order valence-electron chi connectivity index (χ0n) is 14.9. The molecular weight excluding hydrogens is 346 g/mol. The fourth-order valence-corrected chi connectivity index (χ4v) is 4.26. The fourth-order valence-electron chi connectivity index (χ4n) is 3.46. The third kappa shape index (κ3) is 3.76. The first-order chi connectivity index (χ1) is 12.7. The Bertz CT molecular complexity index is 924. The van der Waals surface area contributed by atoms with Crippen LogP contribution in [0.1, 0.15) is 5.56 Å². The molecule has 0 radical (unpaired) electrons. The molecule has 0 unspecified atom stereocenters. The maximum absolute atomic E-state index is 11.4. The van der Waals surface area contributed by atoms with Gasteiger partial charge in [-0.2, -0.15) is 0 Å². The zero-order chi connectivity index (χ0) is 17.9. The molecule has 26 heavy (non-hydrogen) atoms. The third-order valence-corrected chi connectivity index (χ3v) is 5.86. The summed E-state index contributed by atoms with van der Waals surface area (Å²) in [7, 11) is 1.70. The highest BCUT2D eigenvalue weighted by Crippen LogP contribution is 2.21. The van der Waals surface area contributed by atoms with Gasteiger partial charge in [-0.25, -0.2) is 0 Å². The highest BCUT2D eigenvalue weighted by Gasteiger charge is 2.17. The van der Waals surface area contributed by atoms with Crippen molar-refractivity contribution in [3.05, 3.63) is 57.7 Å². The molecule has 2 aromatic carbocycles. The molecule has 5 nitrogen and oxygen atoms in total. The molecule has 3 aromatic rings. The van der Waals surface area contributed by atoms with Crippen molar-refractivity contribution >= 4 is 27.2 Å². The second kappa shape index (κ2) is 7.51. The SMILES string of the molecule is COc1ccc(N2CCN(CCc3ccc4[nH]c(=O)sc4c3)CC2)cc1. The van der Waals surface area contributed by atoms with Gasteiger partial charge in [-0.05, 0) is 48.4 Å². The summed E-state index contributed by atoms with van der Waals surface area (Å²) < 4.78 is 6.28. The van der Waals surface area contributed by atoms with Crippen LogP contribution in [0, 0.1) is 0 Å². The van der Waals surface area contributed by atoms with Crippen LogP contribution in [0.15, 0.2) is 47.3 Å². The highest BCUT2D eigenvalue weighted by molar-refractivity contribution is 7.16. The Morgan fingerprint density at radius 2 is 1.85 bits per heavy atom. The van der Waals surface area contributed by atoms with E-state index in [9.17, 15) is 4.79 Å². The van der Waals surface area contributed by atoms with Crippen LogP contribution in [0.3, 0.4) is 0 Å². The lowest BCUT2D eigenvalue weighted by Gasteiger charge is -2.36. The maximum atomic E-state index is 11.4. The summed E-state index contributed by atoms with van der Waals surface area (Å²) >= 11 is 1.29. The van der Waals surface area contributed by atoms with Crippen molar-refractivity contribution < 1.29 is 4.74 Å². The van der Waals surface area contributed by atoms with E-state index < -0.39 is 0 Å². The lowest BCUT2D eigenvalue weighted by molar-refractivity contribution is 0.261. The van der Waals surface area contributed by atoms with E-state index in [-0.39, 0.29) is 4.87 Å². The van der Waals surface area contributed by atoms with Gasteiger partial charge in [-0.1, -0.05) is 17.4 Å². The van der Waals surface area contributed by atoms with Crippen LogP contribution in [-0.4, -0.2) is 49.7 Å². The Kier molecular flexibility index (Phi) is 4.95. The number of aromatic nitrogens is 1. The summed E-state index contributed by atoms with van der Waals surface area (Å²) in [5.74, 6) is 0.900. The normalized spacial score (nSPS) is 15.5. The number of H-pyrrole nitrogens is 1. The van der Waals surface area contributed by atoms with Crippen molar-refractivity contribution in [1.82, 2.24) is 9.88 Å². The van der Waals surface area contributed by atoms with E-state index in [4.69, 9.17) is 4.74 Å². The van der Waals surface area contributed by atoms with Gasteiger partial charge in [0.2, 0.25) is 0 Å². The minimum Gasteiger partial charge on any atom is -0.497 e. The molecule has 4 rings (SSSR count). The second-order valence-corrected chi connectivity index (χ2v) is 7.64. The van der Waals surface area contributed by atoms with Gasteiger partial charge in [0, 0.05) is 38.4 Å². The quantitative estimate of drug-likeness (QED) is 0.751. The standard InChI is InChI=1S/C20H23N3O2S/c1-25-17-5-3-16(4-6-17)23-12-10-22(11-13-23)9-8-15-2-7-18-19(14-15)26-20(24)21-18/h2-7,14H,8-13H2,1H3,(H,21,24). The minimum absolute atomic E-state index is 0.0202. The Labute approximate surface area is 156 Å². The Balaban J connectivity index is 1.30. The van der Waals surface area contributed by atoms with Crippen LogP contribution in [-0.2, 0) is 6.42 Å². The predicted molar refractivity (Wildman–Crippen MR) is 108 cm³/mol. The number of hydrogen-bond acceptors (Lipinski definition) is 5. The maximum Gasteiger partial charge on any atom is 0.305 e. The largest absolute Gasteiger partial charge is 0.497 e. The summed E-state index contributed by atoms with van der Waals surface area (Å²) in [5.41, 5.74) is 3.50. The highest BCUT2D eigenvalue weighted by atomic mass is 32.1. The summed E-state index contributed by atoms with van der Waals surface area (Å²) in [6.07, 6.45) is 1.02. The molecular formula is C20H23N3O2S. The zero-order valence-corrected chi connectivity index (χ0v) is 15.7. The molecule has 0 atom stereocenters. The summed E-state index contributed by atoms with van der Waals surface area (Å²) in [5, 5.41) is 0. The van der Waals surface area contributed by atoms with Gasteiger partial charge >= 0.3 is 4.87 Å². The van der Waals surface area contributed by atoms with Crippen LogP contribution < -0.4 is 14.5 Å². The van der Waals surface area contributed by atoms with Gasteiger partial charge in [0.1, 0.15) is 5.75 Å². The van der Waals surface area contributed by atoms with E-state index in [2.05, 4.69) is 39.0 Å². The lowest BCUT2D eigenvalue weighted by atomic mass is 10.1. The summed E-state index contributed by atoms with van der Waals surface area (Å²) in [6, 6.07) is 14.6. The first kappa shape index (κ1) is 17.1. The number of nitrogens with one attached hydrogen (secondary N) is 1. The molecule has 2 heterocycles. The van der Waals surface area contributed by atoms with Gasteiger partial charge < -0.3 is 14.6 Å². The van der Waals surface area contributed by atoms with Gasteiger partial charge in [0.25, 0.3) is 0 Å². The van der Waals surface area contributed by atoms with E-state index in [0.717, 1.165) is 55.1 Å². The molecule has 0 bridgehead atoms. The molecule has 1 aromatic heterocycles. The molecule has 1 fully saturated rings. The van der Waals surface area contributed by atoms with E-state index in [1.165, 1.54) is 22.6 Å². The average Bonchev–Trinajstić information content (AvgIpc) is 3.06.